The topological polar surface area (TPSA) is 105 Å². The van der Waals surface area contributed by atoms with E-state index in [-0.39, 0.29) is 23.8 Å². The summed E-state index contributed by atoms with van der Waals surface area (Å²) < 4.78 is 26.2. The minimum Gasteiger partial charge on any atom is -0.463 e. The summed E-state index contributed by atoms with van der Waals surface area (Å²) in [7, 11) is 0. The number of hydrogen-bond donors (Lipinski definition) is 1. The minimum absolute atomic E-state index is 0.155. The number of rotatable bonds is 6. The number of amides is 1. The van der Waals surface area contributed by atoms with Gasteiger partial charge in [0.1, 0.15) is 17.6 Å². The first-order valence-corrected chi connectivity index (χ1v) is 9.30. The van der Waals surface area contributed by atoms with Crippen molar-refractivity contribution >= 4 is 6.09 Å². The van der Waals surface area contributed by atoms with Gasteiger partial charge in [-0.25, -0.2) is 18.9 Å². The molecule has 1 fully saturated rings. The van der Waals surface area contributed by atoms with E-state index < -0.39 is 6.09 Å². The highest BCUT2D eigenvalue weighted by molar-refractivity contribution is 5.64. The Morgan fingerprint density at radius 2 is 2.14 bits per heavy atom. The lowest BCUT2D eigenvalue weighted by Crippen LogP contribution is -2.21. The number of ether oxygens (including phenoxy) is 2. The largest absolute Gasteiger partial charge is 0.463 e. The number of nitrogens with zero attached hydrogens (tertiary/aromatic N) is 4. The fourth-order valence-corrected chi connectivity index (χ4v) is 3.44. The monoisotopic (exact) mass is 397 g/mol. The van der Waals surface area contributed by atoms with Gasteiger partial charge >= 0.3 is 12.1 Å². The van der Waals surface area contributed by atoms with E-state index in [1.54, 1.807) is 42.9 Å². The van der Waals surface area contributed by atoms with Crippen LogP contribution in [0.15, 0.2) is 48.9 Å². The number of aromatic nitrogens is 4. The lowest BCUT2D eigenvalue weighted by Gasteiger charge is -2.12. The molecule has 9 heteroatoms. The SMILES string of the molecule is NC(=O)O[C@@H]1CC[C@H](COc2nccc(-c3cnn(-c4ccccc4F)c3)n2)C1. The van der Waals surface area contributed by atoms with Gasteiger partial charge in [-0.3, -0.25) is 0 Å². The molecule has 2 atom stereocenters. The van der Waals surface area contributed by atoms with E-state index in [1.165, 1.54) is 10.7 Å². The first-order chi connectivity index (χ1) is 14.1. The van der Waals surface area contributed by atoms with Gasteiger partial charge in [-0.2, -0.15) is 10.1 Å². The number of benzene rings is 1. The van der Waals surface area contributed by atoms with Gasteiger partial charge in [0, 0.05) is 18.0 Å². The summed E-state index contributed by atoms with van der Waals surface area (Å²) in [5.74, 6) is -0.112. The van der Waals surface area contributed by atoms with Crippen LogP contribution in [0.25, 0.3) is 16.9 Å². The van der Waals surface area contributed by atoms with Crippen molar-refractivity contribution in [2.24, 2.45) is 11.7 Å². The summed E-state index contributed by atoms with van der Waals surface area (Å²) in [6.45, 7) is 0.427. The van der Waals surface area contributed by atoms with E-state index in [2.05, 4.69) is 15.1 Å². The Morgan fingerprint density at radius 1 is 1.28 bits per heavy atom. The molecule has 0 aliphatic heterocycles. The van der Waals surface area contributed by atoms with Crippen LogP contribution in [-0.4, -0.2) is 38.6 Å². The number of primary amides is 1. The average molecular weight is 397 g/mol. The third-order valence-corrected chi connectivity index (χ3v) is 4.84. The second kappa shape index (κ2) is 8.26. The highest BCUT2D eigenvalue weighted by Gasteiger charge is 2.27. The molecule has 0 radical (unpaired) electrons. The van der Waals surface area contributed by atoms with Gasteiger partial charge in [0.25, 0.3) is 0 Å². The molecule has 1 aliphatic rings. The van der Waals surface area contributed by atoms with Crippen molar-refractivity contribution in [1.82, 2.24) is 19.7 Å². The number of nitrogens with two attached hydrogens (primary N) is 1. The van der Waals surface area contributed by atoms with Gasteiger partial charge < -0.3 is 15.2 Å². The summed E-state index contributed by atoms with van der Waals surface area (Å²) in [6.07, 6.45) is 6.37. The van der Waals surface area contributed by atoms with Gasteiger partial charge in [-0.05, 0) is 43.4 Å². The molecule has 3 aromatic rings. The van der Waals surface area contributed by atoms with Gasteiger partial charge in [-0.1, -0.05) is 12.1 Å². The molecule has 0 saturated heterocycles. The summed E-state index contributed by atoms with van der Waals surface area (Å²) in [5.41, 5.74) is 6.76. The summed E-state index contributed by atoms with van der Waals surface area (Å²) in [5, 5.41) is 4.22. The molecule has 1 saturated carbocycles. The molecule has 150 valence electrons. The molecule has 1 aromatic carbocycles. The van der Waals surface area contributed by atoms with Crippen LogP contribution in [0.4, 0.5) is 9.18 Å². The predicted octanol–water partition coefficient (Wildman–Crippen LogP) is 3.11. The third kappa shape index (κ3) is 4.50. The fraction of sp³-hybridized carbons (Fsp3) is 0.300. The quantitative estimate of drug-likeness (QED) is 0.685. The molecular formula is C20H20FN5O3. The summed E-state index contributed by atoms with van der Waals surface area (Å²) in [6, 6.07) is 8.40. The first kappa shape index (κ1) is 18.9. The second-order valence-electron chi connectivity index (χ2n) is 6.90. The van der Waals surface area contributed by atoms with Crippen LogP contribution in [0.1, 0.15) is 19.3 Å². The average Bonchev–Trinajstić information content (AvgIpc) is 3.36. The maximum atomic E-state index is 14.0. The maximum Gasteiger partial charge on any atom is 0.404 e. The Hall–Kier alpha value is -3.49. The molecule has 0 spiro atoms. The van der Waals surface area contributed by atoms with E-state index >= 15 is 0 Å². The Labute approximate surface area is 166 Å². The summed E-state index contributed by atoms with van der Waals surface area (Å²) in [4.78, 5) is 19.4. The van der Waals surface area contributed by atoms with Crippen molar-refractivity contribution in [1.29, 1.82) is 0 Å². The lowest BCUT2D eigenvalue weighted by molar-refractivity contribution is 0.105. The number of carbonyl (C=O) groups is 1. The van der Waals surface area contributed by atoms with Crippen LogP contribution in [-0.2, 0) is 4.74 Å². The molecule has 1 amide bonds. The second-order valence-corrected chi connectivity index (χ2v) is 6.90. The van der Waals surface area contributed by atoms with Crippen LogP contribution in [0.5, 0.6) is 6.01 Å². The molecule has 29 heavy (non-hydrogen) atoms. The highest BCUT2D eigenvalue weighted by Crippen LogP contribution is 2.28. The fourth-order valence-electron chi connectivity index (χ4n) is 3.44. The number of hydrogen-bond acceptors (Lipinski definition) is 6. The molecule has 1 aliphatic carbocycles. The smallest absolute Gasteiger partial charge is 0.404 e. The Balaban J connectivity index is 1.41. The molecule has 0 bridgehead atoms. The standard InChI is InChI=1S/C20H20FN5O3/c21-16-3-1-2-4-18(16)26-11-14(10-24-26)17-7-8-23-20(25-17)28-12-13-5-6-15(9-13)29-19(22)27/h1-4,7-8,10-11,13,15H,5-6,9,12H2,(H2,22,27)/t13-,15+/m0/s1. The molecule has 2 N–H and O–H groups in total. The van der Waals surface area contributed by atoms with Gasteiger partial charge in [0.15, 0.2) is 0 Å². The Bertz CT molecular complexity index is 1010. The number of carbonyl (C=O) groups excluding carboxylic acids is 1. The normalized spacial score (nSPS) is 18.5. The zero-order valence-corrected chi connectivity index (χ0v) is 15.6. The first-order valence-electron chi connectivity index (χ1n) is 9.30. The van der Waals surface area contributed by atoms with Gasteiger partial charge in [0.05, 0.1) is 18.5 Å². The van der Waals surface area contributed by atoms with Crippen molar-refractivity contribution in [3.05, 3.63) is 54.7 Å². The highest BCUT2D eigenvalue weighted by atomic mass is 19.1. The Kier molecular flexibility index (Phi) is 5.37. The zero-order chi connectivity index (χ0) is 20.2. The van der Waals surface area contributed by atoms with Gasteiger partial charge in [0.2, 0.25) is 0 Å². The van der Waals surface area contributed by atoms with Gasteiger partial charge in [-0.15, -0.1) is 0 Å². The van der Waals surface area contributed by atoms with Crippen LogP contribution in [0.2, 0.25) is 0 Å². The van der Waals surface area contributed by atoms with Crippen molar-refractivity contribution in [3.63, 3.8) is 0 Å². The summed E-state index contributed by atoms with van der Waals surface area (Å²) >= 11 is 0. The number of para-hydroxylation sites is 1. The third-order valence-electron chi connectivity index (χ3n) is 4.84. The maximum absolute atomic E-state index is 14.0. The van der Waals surface area contributed by atoms with Crippen molar-refractivity contribution < 1.29 is 18.7 Å². The molecular weight excluding hydrogens is 377 g/mol. The van der Waals surface area contributed by atoms with Crippen LogP contribution >= 0.6 is 0 Å². The van der Waals surface area contributed by atoms with E-state index in [9.17, 15) is 9.18 Å². The van der Waals surface area contributed by atoms with Crippen LogP contribution in [0, 0.1) is 11.7 Å². The lowest BCUT2D eigenvalue weighted by atomic mass is 10.1. The molecule has 2 heterocycles. The molecule has 8 nitrogen and oxygen atoms in total. The predicted molar refractivity (Wildman–Crippen MR) is 102 cm³/mol. The molecule has 4 rings (SSSR count). The van der Waals surface area contributed by atoms with Crippen molar-refractivity contribution in [3.8, 4) is 23.0 Å². The minimum atomic E-state index is -0.747. The van der Waals surface area contributed by atoms with Crippen LogP contribution in [0.3, 0.4) is 0 Å². The number of halogens is 1. The Morgan fingerprint density at radius 3 is 2.97 bits per heavy atom. The van der Waals surface area contributed by atoms with Crippen molar-refractivity contribution in [2.75, 3.05) is 6.61 Å². The van der Waals surface area contributed by atoms with Crippen LogP contribution < -0.4 is 10.5 Å². The van der Waals surface area contributed by atoms with E-state index in [0.717, 1.165) is 18.4 Å². The van der Waals surface area contributed by atoms with Crippen molar-refractivity contribution in [2.45, 2.75) is 25.4 Å². The van der Waals surface area contributed by atoms with E-state index in [0.29, 0.717) is 24.4 Å². The van der Waals surface area contributed by atoms with E-state index in [4.69, 9.17) is 15.2 Å². The molecule has 2 aromatic heterocycles. The van der Waals surface area contributed by atoms with E-state index in [1.807, 2.05) is 0 Å². The zero-order valence-electron chi connectivity index (χ0n) is 15.6. The molecule has 0 unspecified atom stereocenters.